The first-order chi connectivity index (χ1) is 34.2. The van der Waals surface area contributed by atoms with Gasteiger partial charge in [-0.2, -0.15) is 0 Å². The minimum absolute atomic E-state index is 0.828. The fourth-order valence-corrected chi connectivity index (χ4v) is 10.7. The van der Waals surface area contributed by atoms with Crippen LogP contribution >= 0.6 is 0 Å². The number of anilines is 6. The molecule has 0 aliphatic heterocycles. The largest absolute Gasteiger partial charge is 0.453 e. The zero-order valence-corrected chi connectivity index (χ0v) is 37.9. The molecule has 0 bridgehead atoms. The topological polar surface area (TPSA) is 32.8 Å². The van der Waals surface area contributed by atoms with Crippen molar-refractivity contribution >= 4 is 116 Å². The molecule has 0 saturated heterocycles. The molecule has 4 heteroatoms. The van der Waals surface area contributed by atoms with Crippen LogP contribution in [0.25, 0.3) is 92.9 Å². The number of nitrogens with zero attached hydrogens (tertiary/aromatic N) is 2. The van der Waals surface area contributed by atoms with Gasteiger partial charge in [-0.1, -0.05) is 195 Å². The summed E-state index contributed by atoms with van der Waals surface area (Å²) in [7, 11) is 0. The van der Waals surface area contributed by atoms with Crippen molar-refractivity contribution in [2.75, 3.05) is 9.80 Å². The Kier molecular flexibility index (Phi) is 9.51. The van der Waals surface area contributed by atoms with Crippen LogP contribution in [-0.2, 0) is 0 Å². The Bertz CT molecular complexity index is 4160. The average Bonchev–Trinajstić information content (AvgIpc) is 4.00. The van der Waals surface area contributed by atoms with Crippen molar-refractivity contribution < 1.29 is 8.83 Å². The van der Waals surface area contributed by atoms with Crippen LogP contribution < -0.4 is 9.80 Å². The molecule has 0 atom stereocenters. The average molecular weight is 885 g/mol. The summed E-state index contributed by atoms with van der Waals surface area (Å²) in [5.41, 5.74) is 13.9. The predicted molar refractivity (Wildman–Crippen MR) is 292 cm³/mol. The first-order valence-electron chi connectivity index (χ1n) is 23.5. The Morgan fingerprint density at radius 1 is 0.406 bits per heavy atom. The van der Waals surface area contributed by atoms with Gasteiger partial charge >= 0.3 is 0 Å². The maximum atomic E-state index is 7.08. The summed E-state index contributed by atoms with van der Waals surface area (Å²) in [5, 5.41) is 11.4. The molecule has 326 valence electrons. The monoisotopic (exact) mass is 884 g/mol. The molecule has 0 N–H and O–H groups in total. The molecule has 69 heavy (non-hydrogen) atoms. The van der Waals surface area contributed by atoms with Crippen molar-refractivity contribution in [1.82, 2.24) is 0 Å². The van der Waals surface area contributed by atoms with Crippen molar-refractivity contribution in [2.45, 2.75) is 6.92 Å². The second kappa shape index (κ2) is 16.3. The van der Waals surface area contributed by atoms with Crippen molar-refractivity contribution in [3.05, 3.63) is 249 Å². The van der Waals surface area contributed by atoms with Crippen LogP contribution in [0.5, 0.6) is 0 Å². The maximum absolute atomic E-state index is 7.08. The zero-order chi connectivity index (χ0) is 46.0. The van der Waals surface area contributed by atoms with Crippen LogP contribution in [0.15, 0.2) is 252 Å². The van der Waals surface area contributed by atoms with E-state index in [1.807, 2.05) is 6.08 Å². The summed E-state index contributed by atoms with van der Waals surface area (Å²) in [6, 6.07) is 75.9. The summed E-state index contributed by atoms with van der Waals surface area (Å²) in [6.45, 7) is 5.97. The molecule has 0 saturated carbocycles. The van der Waals surface area contributed by atoms with Gasteiger partial charge in [-0.3, -0.25) is 0 Å². The van der Waals surface area contributed by atoms with Crippen LogP contribution in [0.3, 0.4) is 0 Å². The Balaban J connectivity index is 1.04. The Morgan fingerprint density at radius 2 is 0.870 bits per heavy atom. The van der Waals surface area contributed by atoms with Crippen molar-refractivity contribution in [2.24, 2.45) is 0 Å². The fraction of sp³-hybridized carbons (Fsp3) is 0.0154. The minimum atomic E-state index is 0.828. The minimum Gasteiger partial charge on any atom is -0.453 e. The lowest BCUT2D eigenvalue weighted by molar-refractivity contribution is 0.668. The van der Waals surface area contributed by atoms with Crippen LogP contribution in [-0.4, -0.2) is 0 Å². The smallest absolute Gasteiger partial charge is 0.159 e. The van der Waals surface area contributed by atoms with Gasteiger partial charge in [0.2, 0.25) is 0 Å². The fourth-order valence-electron chi connectivity index (χ4n) is 10.7. The molecule has 0 amide bonds. The molecule has 13 rings (SSSR count). The molecule has 0 aliphatic carbocycles. The predicted octanol–water partition coefficient (Wildman–Crippen LogP) is 19.1. The van der Waals surface area contributed by atoms with Crippen molar-refractivity contribution in [3.63, 3.8) is 0 Å². The summed E-state index contributed by atoms with van der Waals surface area (Å²) >= 11 is 0. The molecule has 0 aliphatic rings. The standard InChI is InChI=1S/C65H44N2O2/c1-3-5-19-42(4-2)48-26-15-28-50-52-30-17-32-58(64(52)68-62(48)50)66(46-22-11-7-12-23-46)56-40-36-44-35-39-55-57(41-37-45-34-38-54(56)60(44)61(45)55)67(47-24-13-8-14-25-47)59-33-18-31-53-51-29-16-27-49(63(51)69-65(53)59)43-20-9-6-10-21-43/h3-41H,1H2,2H3/b19-5-,42-4+. The molecule has 0 unspecified atom stereocenters. The van der Waals surface area contributed by atoms with Gasteiger partial charge in [0.1, 0.15) is 11.2 Å². The van der Waals surface area contributed by atoms with E-state index in [0.29, 0.717) is 0 Å². The molecule has 0 fully saturated rings. The zero-order valence-electron chi connectivity index (χ0n) is 37.9. The summed E-state index contributed by atoms with van der Waals surface area (Å²) < 4.78 is 14.1. The van der Waals surface area contributed by atoms with E-state index in [1.165, 1.54) is 21.5 Å². The van der Waals surface area contributed by atoms with E-state index in [4.69, 9.17) is 8.83 Å². The molecule has 13 aromatic rings. The van der Waals surface area contributed by atoms with E-state index >= 15 is 0 Å². The summed E-state index contributed by atoms with van der Waals surface area (Å²) in [5.74, 6) is 0. The number of hydrogen-bond acceptors (Lipinski definition) is 4. The van der Waals surface area contributed by atoms with Gasteiger partial charge in [-0.15, -0.1) is 0 Å². The SMILES string of the molecule is C=C/C=C\C(=C/C)c1cccc2c1oc1c(N(c3ccccc3)c3ccc4ccc5c(N(c6ccccc6)c6cccc7c6oc6c(-c8ccccc8)cccc67)ccc6ccc3c4c65)cccc12. The van der Waals surface area contributed by atoms with E-state index in [-0.39, 0.29) is 0 Å². The molecule has 2 heterocycles. The lowest BCUT2D eigenvalue weighted by Gasteiger charge is -2.29. The number of rotatable bonds is 10. The van der Waals surface area contributed by atoms with Gasteiger partial charge in [-0.05, 0) is 88.1 Å². The highest BCUT2D eigenvalue weighted by atomic mass is 16.3. The third-order valence-electron chi connectivity index (χ3n) is 13.7. The van der Waals surface area contributed by atoms with E-state index in [0.717, 1.165) is 111 Å². The number of fused-ring (bicyclic) bond motifs is 6. The van der Waals surface area contributed by atoms with Gasteiger partial charge in [0.05, 0.1) is 22.7 Å². The van der Waals surface area contributed by atoms with E-state index in [1.54, 1.807) is 6.08 Å². The van der Waals surface area contributed by atoms with Gasteiger partial charge in [0.15, 0.2) is 11.2 Å². The number of furan rings is 2. The maximum Gasteiger partial charge on any atom is 0.159 e. The van der Waals surface area contributed by atoms with Crippen LogP contribution in [0.2, 0.25) is 0 Å². The molecule has 0 spiro atoms. The first kappa shape index (κ1) is 40.2. The lowest BCUT2D eigenvalue weighted by Crippen LogP contribution is -2.11. The highest BCUT2D eigenvalue weighted by Gasteiger charge is 2.26. The quantitative estimate of drug-likeness (QED) is 0.101. The second-order valence-electron chi connectivity index (χ2n) is 17.5. The highest BCUT2D eigenvalue weighted by Crippen LogP contribution is 2.51. The van der Waals surface area contributed by atoms with Gasteiger partial charge in [-0.25, -0.2) is 0 Å². The third-order valence-corrected chi connectivity index (χ3v) is 13.7. The van der Waals surface area contributed by atoms with Crippen LogP contribution in [0.4, 0.5) is 34.1 Å². The summed E-state index contributed by atoms with van der Waals surface area (Å²) in [6.07, 6.45) is 7.98. The van der Waals surface area contributed by atoms with E-state index in [9.17, 15) is 0 Å². The van der Waals surface area contributed by atoms with Gasteiger partial charge < -0.3 is 18.6 Å². The van der Waals surface area contributed by atoms with E-state index in [2.05, 4.69) is 248 Å². The highest BCUT2D eigenvalue weighted by molar-refractivity contribution is 6.29. The van der Waals surface area contributed by atoms with Crippen LogP contribution in [0.1, 0.15) is 12.5 Å². The molecule has 4 nitrogen and oxygen atoms in total. The number of benzene rings is 11. The molecular weight excluding hydrogens is 841 g/mol. The van der Waals surface area contributed by atoms with Gasteiger partial charge in [0.25, 0.3) is 0 Å². The van der Waals surface area contributed by atoms with E-state index < -0.39 is 0 Å². The van der Waals surface area contributed by atoms with Gasteiger partial charge in [0, 0.05) is 54.8 Å². The lowest BCUT2D eigenvalue weighted by atomic mass is 9.91. The molecule has 0 radical (unpaired) electrons. The van der Waals surface area contributed by atoms with Crippen molar-refractivity contribution in [1.29, 1.82) is 0 Å². The third kappa shape index (κ3) is 6.37. The Hall–Kier alpha value is -9.12. The van der Waals surface area contributed by atoms with Crippen molar-refractivity contribution in [3.8, 4) is 11.1 Å². The first-order valence-corrected chi connectivity index (χ1v) is 23.5. The number of hydrogen-bond donors (Lipinski definition) is 0. The Labute approximate surface area is 399 Å². The Morgan fingerprint density at radius 3 is 1.41 bits per heavy atom. The number of allylic oxidation sites excluding steroid dienone is 5. The second-order valence-corrected chi connectivity index (χ2v) is 17.5. The molecule has 11 aromatic carbocycles. The molecular formula is C65H44N2O2. The summed E-state index contributed by atoms with van der Waals surface area (Å²) in [4.78, 5) is 4.74. The normalized spacial score (nSPS) is 12.2. The molecule has 2 aromatic heterocycles. The van der Waals surface area contributed by atoms with Crippen LogP contribution in [0, 0.1) is 0 Å². The number of para-hydroxylation sites is 6.